The van der Waals surface area contributed by atoms with Crippen molar-refractivity contribution in [2.75, 3.05) is 13.2 Å². The molecule has 6 nitrogen and oxygen atoms in total. The molecule has 0 aromatic carbocycles. The van der Waals surface area contributed by atoms with E-state index < -0.39 is 6.10 Å². The molecular weight excluding hydrogens is 805 g/mol. The molecule has 0 bridgehead atoms. The summed E-state index contributed by atoms with van der Waals surface area (Å²) in [4.78, 5) is 38.2. The van der Waals surface area contributed by atoms with Crippen molar-refractivity contribution in [2.24, 2.45) is 11.8 Å². The molecule has 0 aromatic heterocycles. The predicted octanol–water partition coefficient (Wildman–Crippen LogP) is 19.3. The van der Waals surface area contributed by atoms with Crippen LogP contribution in [0.3, 0.4) is 0 Å². The van der Waals surface area contributed by atoms with Crippen LogP contribution in [-0.4, -0.2) is 37.2 Å². The molecule has 386 valence electrons. The van der Waals surface area contributed by atoms with Gasteiger partial charge in [0.2, 0.25) is 0 Å². The van der Waals surface area contributed by atoms with Crippen molar-refractivity contribution in [3.05, 3.63) is 0 Å². The molecule has 0 N–H and O–H groups in total. The van der Waals surface area contributed by atoms with Gasteiger partial charge in [-0.2, -0.15) is 0 Å². The Bertz CT molecular complexity index is 995. The number of rotatable bonds is 53. The zero-order chi connectivity index (χ0) is 47.5. The molecular formula is C59H114O6. The van der Waals surface area contributed by atoms with E-state index in [4.69, 9.17) is 14.2 Å². The highest BCUT2D eigenvalue weighted by molar-refractivity contribution is 5.71. The van der Waals surface area contributed by atoms with Gasteiger partial charge >= 0.3 is 17.9 Å². The van der Waals surface area contributed by atoms with Crippen molar-refractivity contribution < 1.29 is 28.6 Å². The summed E-state index contributed by atoms with van der Waals surface area (Å²) in [6.45, 7) is 11.4. The maximum absolute atomic E-state index is 12.9. The van der Waals surface area contributed by atoms with Crippen LogP contribution in [0.4, 0.5) is 0 Å². The fourth-order valence-electron chi connectivity index (χ4n) is 9.02. The van der Waals surface area contributed by atoms with Gasteiger partial charge in [0.15, 0.2) is 6.10 Å². The molecule has 0 saturated heterocycles. The van der Waals surface area contributed by atoms with Gasteiger partial charge < -0.3 is 14.2 Å². The minimum absolute atomic E-state index is 0.0628. The molecule has 0 fully saturated rings. The third-order valence-electron chi connectivity index (χ3n) is 13.8. The van der Waals surface area contributed by atoms with Gasteiger partial charge in [0, 0.05) is 19.3 Å². The van der Waals surface area contributed by atoms with Crippen molar-refractivity contribution in [3.8, 4) is 0 Å². The maximum atomic E-state index is 12.9. The lowest BCUT2D eigenvalue weighted by atomic mass is 9.99. The average Bonchev–Trinajstić information content (AvgIpc) is 3.29. The van der Waals surface area contributed by atoms with E-state index in [0.29, 0.717) is 19.3 Å². The van der Waals surface area contributed by atoms with Crippen LogP contribution >= 0.6 is 0 Å². The molecule has 0 aliphatic rings. The first kappa shape index (κ1) is 63.4. The van der Waals surface area contributed by atoms with Gasteiger partial charge in [0.25, 0.3) is 0 Å². The smallest absolute Gasteiger partial charge is 0.306 e. The first-order valence-corrected chi connectivity index (χ1v) is 29.3. The van der Waals surface area contributed by atoms with Crippen LogP contribution in [0.15, 0.2) is 0 Å². The molecule has 0 radical (unpaired) electrons. The summed E-state index contributed by atoms with van der Waals surface area (Å²) in [6, 6.07) is 0. The summed E-state index contributed by atoms with van der Waals surface area (Å²) in [5, 5.41) is 0. The van der Waals surface area contributed by atoms with E-state index in [2.05, 4.69) is 34.6 Å². The Balaban J connectivity index is 4.31. The molecule has 65 heavy (non-hydrogen) atoms. The summed E-state index contributed by atoms with van der Waals surface area (Å²) >= 11 is 0. The van der Waals surface area contributed by atoms with Gasteiger partial charge in [-0.15, -0.1) is 0 Å². The van der Waals surface area contributed by atoms with Crippen LogP contribution in [0.1, 0.15) is 330 Å². The van der Waals surface area contributed by atoms with Gasteiger partial charge in [-0.1, -0.05) is 291 Å². The summed E-state index contributed by atoms with van der Waals surface area (Å²) in [6.07, 6.45) is 55.1. The maximum Gasteiger partial charge on any atom is 0.306 e. The van der Waals surface area contributed by atoms with Crippen LogP contribution in [0.2, 0.25) is 0 Å². The second-order valence-corrected chi connectivity index (χ2v) is 21.0. The Labute approximate surface area is 406 Å². The third kappa shape index (κ3) is 51.6. The topological polar surface area (TPSA) is 78.9 Å². The number of carbonyl (C=O) groups excluding carboxylic acids is 3. The Hall–Kier alpha value is -1.59. The quantitative estimate of drug-likeness (QED) is 0.0344. The Morgan fingerprint density at radius 2 is 0.585 bits per heavy atom. The molecule has 0 aliphatic carbocycles. The molecule has 0 aromatic rings. The van der Waals surface area contributed by atoms with E-state index >= 15 is 0 Å². The highest BCUT2D eigenvalue weighted by Gasteiger charge is 2.19. The molecule has 0 saturated carbocycles. The second kappa shape index (κ2) is 51.8. The number of carbonyl (C=O) groups is 3. The standard InChI is InChI=1S/C59H114O6/c1-6-8-9-10-11-12-13-14-15-16-17-20-24-31-36-41-46-51-59(62)65-56(53-64-58(61)50-45-40-35-30-26-25-28-33-38-43-48-55(5)7-2)52-63-57(60)49-44-39-34-29-23-21-18-19-22-27-32-37-42-47-54(3)4/h54-56H,6-53H2,1-5H3/t55?,56-/m0/s1. The first-order valence-electron chi connectivity index (χ1n) is 29.3. The van der Waals surface area contributed by atoms with Crippen molar-refractivity contribution in [1.29, 1.82) is 0 Å². The summed E-state index contributed by atoms with van der Waals surface area (Å²) in [7, 11) is 0. The predicted molar refractivity (Wildman–Crippen MR) is 280 cm³/mol. The number of hydrogen-bond acceptors (Lipinski definition) is 6. The minimum Gasteiger partial charge on any atom is -0.462 e. The van der Waals surface area contributed by atoms with E-state index in [1.54, 1.807) is 0 Å². The second-order valence-electron chi connectivity index (χ2n) is 21.0. The van der Waals surface area contributed by atoms with Gasteiger partial charge in [-0.25, -0.2) is 0 Å². The highest BCUT2D eigenvalue weighted by Crippen LogP contribution is 2.19. The summed E-state index contributed by atoms with van der Waals surface area (Å²) < 4.78 is 16.9. The third-order valence-corrected chi connectivity index (χ3v) is 13.8. The molecule has 1 unspecified atom stereocenters. The molecule has 6 heteroatoms. The van der Waals surface area contributed by atoms with Crippen molar-refractivity contribution in [3.63, 3.8) is 0 Å². The zero-order valence-electron chi connectivity index (χ0n) is 44.6. The van der Waals surface area contributed by atoms with Gasteiger partial charge in [0.1, 0.15) is 13.2 Å². The van der Waals surface area contributed by atoms with Crippen molar-refractivity contribution in [2.45, 2.75) is 336 Å². The van der Waals surface area contributed by atoms with Gasteiger partial charge in [0.05, 0.1) is 0 Å². The Morgan fingerprint density at radius 3 is 0.877 bits per heavy atom. The van der Waals surface area contributed by atoms with E-state index in [0.717, 1.165) is 69.6 Å². The molecule has 0 spiro atoms. The van der Waals surface area contributed by atoms with Crippen LogP contribution in [0.25, 0.3) is 0 Å². The summed E-state index contributed by atoms with van der Waals surface area (Å²) in [5.41, 5.74) is 0. The monoisotopic (exact) mass is 919 g/mol. The zero-order valence-corrected chi connectivity index (χ0v) is 44.6. The molecule has 0 heterocycles. The largest absolute Gasteiger partial charge is 0.462 e. The Morgan fingerprint density at radius 1 is 0.323 bits per heavy atom. The fourth-order valence-corrected chi connectivity index (χ4v) is 9.02. The van der Waals surface area contributed by atoms with Crippen molar-refractivity contribution >= 4 is 17.9 Å². The number of ether oxygens (including phenoxy) is 3. The number of esters is 3. The van der Waals surface area contributed by atoms with Crippen molar-refractivity contribution in [1.82, 2.24) is 0 Å². The van der Waals surface area contributed by atoms with E-state index in [9.17, 15) is 14.4 Å². The molecule has 0 aliphatic heterocycles. The van der Waals surface area contributed by atoms with E-state index in [1.165, 1.54) is 218 Å². The van der Waals surface area contributed by atoms with Crippen LogP contribution in [0.5, 0.6) is 0 Å². The van der Waals surface area contributed by atoms with E-state index in [1.807, 2.05) is 0 Å². The number of unbranched alkanes of at least 4 members (excludes halogenated alkanes) is 37. The Kier molecular flexibility index (Phi) is 50.5. The molecule has 0 amide bonds. The number of hydrogen-bond donors (Lipinski definition) is 0. The normalized spacial score (nSPS) is 12.5. The van der Waals surface area contributed by atoms with Gasteiger partial charge in [-0.05, 0) is 31.1 Å². The summed E-state index contributed by atoms with van der Waals surface area (Å²) in [5.74, 6) is 0.871. The highest BCUT2D eigenvalue weighted by atomic mass is 16.6. The first-order chi connectivity index (χ1) is 31.8. The van der Waals surface area contributed by atoms with E-state index in [-0.39, 0.29) is 31.1 Å². The lowest BCUT2D eigenvalue weighted by molar-refractivity contribution is -0.167. The van der Waals surface area contributed by atoms with Crippen LogP contribution < -0.4 is 0 Å². The average molecular weight is 920 g/mol. The van der Waals surface area contributed by atoms with Crippen LogP contribution in [-0.2, 0) is 28.6 Å². The lowest BCUT2D eigenvalue weighted by Gasteiger charge is -2.18. The molecule has 2 atom stereocenters. The SMILES string of the molecule is CCCCCCCCCCCCCCCCCCCC(=O)O[C@@H](COC(=O)CCCCCCCCCCCCCCCC(C)C)COC(=O)CCCCCCCCCCCCC(C)CC. The minimum atomic E-state index is -0.763. The molecule has 0 rings (SSSR count). The van der Waals surface area contributed by atoms with Crippen LogP contribution in [0, 0.1) is 11.8 Å². The van der Waals surface area contributed by atoms with Gasteiger partial charge in [-0.3, -0.25) is 14.4 Å². The fraction of sp³-hybridized carbons (Fsp3) is 0.949. The lowest BCUT2D eigenvalue weighted by Crippen LogP contribution is -2.30.